The van der Waals surface area contributed by atoms with Gasteiger partial charge >= 0.3 is 0 Å². The predicted molar refractivity (Wildman–Crippen MR) is 138 cm³/mol. The second-order valence-electron chi connectivity index (χ2n) is 10.8. The van der Waals surface area contributed by atoms with Crippen LogP contribution in [0.4, 0.5) is 0 Å². The fraction of sp³-hybridized carbons (Fsp3) is 0.419. The van der Waals surface area contributed by atoms with Crippen molar-refractivity contribution in [1.82, 2.24) is 0 Å². The van der Waals surface area contributed by atoms with Crippen molar-refractivity contribution in [2.45, 2.75) is 64.2 Å². The largest absolute Gasteiger partial charge is 0.508 e. The van der Waals surface area contributed by atoms with Gasteiger partial charge in [0.1, 0.15) is 17.2 Å². The Hall–Kier alpha value is -2.94. The zero-order valence-corrected chi connectivity index (χ0v) is 20.8. The Labute approximate surface area is 204 Å². The lowest BCUT2D eigenvalue weighted by Crippen LogP contribution is -2.45. The lowest BCUT2D eigenvalue weighted by Gasteiger charge is -2.50. The summed E-state index contributed by atoms with van der Waals surface area (Å²) in [5, 5.41) is 29.7. The molecule has 0 heterocycles. The van der Waals surface area contributed by atoms with Crippen molar-refractivity contribution >= 4 is 0 Å². The smallest absolute Gasteiger partial charge is 0.115 e. The summed E-state index contributed by atoms with van der Waals surface area (Å²) in [4.78, 5) is 0. The molecule has 0 saturated heterocycles. The Morgan fingerprint density at radius 1 is 0.676 bits per heavy atom. The molecule has 3 aromatic rings. The van der Waals surface area contributed by atoms with Gasteiger partial charge in [0, 0.05) is 5.41 Å². The van der Waals surface area contributed by atoms with Crippen molar-refractivity contribution in [2.24, 2.45) is 17.8 Å². The second-order valence-corrected chi connectivity index (χ2v) is 10.8. The van der Waals surface area contributed by atoms with Crippen LogP contribution in [0, 0.1) is 17.8 Å². The van der Waals surface area contributed by atoms with Gasteiger partial charge in [-0.15, -0.1) is 0 Å². The zero-order chi connectivity index (χ0) is 24.5. The van der Waals surface area contributed by atoms with Crippen LogP contribution in [0.2, 0.25) is 0 Å². The first kappa shape index (κ1) is 24.2. The summed E-state index contributed by atoms with van der Waals surface area (Å²) in [6.07, 6.45) is 4.17. The quantitative estimate of drug-likeness (QED) is 0.358. The first-order chi connectivity index (χ1) is 16.2. The normalized spacial score (nSPS) is 19.0. The summed E-state index contributed by atoms with van der Waals surface area (Å²) in [5.41, 5.74) is 3.60. The lowest BCUT2D eigenvalue weighted by molar-refractivity contribution is 0.106. The summed E-state index contributed by atoms with van der Waals surface area (Å²) in [7, 11) is 0. The number of benzene rings is 3. The van der Waals surface area contributed by atoms with E-state index in [1.54, 1.807) is 24.3 Å². The summed E-state index contributed by atoms with van der Waals surface area (Å²) in [6, 6.07) is 23.2. The van der Waals surface area contributed by atoms with Crippen LogP contribution in [0.25, 0.3) is 0 Å². The Morgan fingerprint density at radius 2 is 1.06 bits per heavy atom. The molecule has 180 valence electrons. The molecule has 3 heteroatoms. The maximum atomic E-state index is 9.90. The lowest BCUT2D eigenvalue weighted by atomic mass is 9.53. The summed E-state index contributed by atoms with van der Waals surface area (Å²) in [5.74, 6) is 2.41. The van der Waals surface area contributed by atoms with Gasteiger partial charge in [0.25, 0.3) is 0 Å². The van der Waals surface area contributed by atoms with Crippen LogP contribution in [-0.2, 0) is 10.8 Å². The van der Waals surface area contributed by atoms with Gasteiger partial charge in [-0.25, -0.2) is 0 Å². The van der Waals surface area contributed by atoms with E-state index in [1.807, 2.05) is 12.1 Å². The maximum absolute atomic E-state index is 9.90. The predicted octanol–water partition coefficient (Wildman–Crippen LogP) is 7.53. The molecule has 0 amide bonds. The van der Waals surface area contributed by atoms with Gasteiger partial charge in [0.2, 0.25) is 0 Å². The molecule has 3 N–H and O–H groups in total. The SMILES string of the molecule is CC(C)C(C)C(C)(c1ccc(O)cc1)C1CCC(c2ccc(O)cc2)(c2ccc(O)cc2)CC1. The van der Waals surface area contributed by atoms with Crippen molar-refractivity contribution in [3.8, 4) is 17.2 Å². The van der Waals surface area contributed by atoms with Crippen LogP contribution < -0.4 is 0 Å². The molecular formula is C31H38O3. The third-order valence-corrected chi connectivity index (χ3v) is 8.96. The standard InChI is InChI=1S/C31H38O3/c1-21(2)22(3)30(4,23-5-11-27(32)12-6-23)24-17-19-31(20-18-24,25-7-13-28(33)14-8-25)26-9-15-29(34)16-10-26/h5-16,21-22,24,32-34H,17-20H2,1-4H3. The molecule has 1 fully saturated rings. The number of aromatic hydroxyl groups is 3. The number of phenolic OH excluding ortho intramolecular Hbond substituents is 3. The molecule has 0 aliphatic heterocycles. The van der Waals surface area contributed by atoms with Crippen molar-refractivity contribution in [3.63, 3.8) is 0 Å². The minimum atomic E-state index is -0.144. The van der Waals surface area contributed by atoms with Gasteiger partial charge in [-0.2, -0.15) is 0 Å². The average Bonchev–Trinajstić information content (AvgIpc) is 2.84. The Balaban J connectivity index is 1.72. The first-order valence-electron chi connectivity index (χ1n) is 12.6. The molecule has 0 aromatic heterocycles. The van der Waals surface area contributed by atoms with E-state index in [9.17, 15) is 15.3 Å². The zero-order valence-electron chi connectivity index (χ0n) is 20.8. The molecule has 1 aliphatic rings. The highest BCUT2D eigenvalue weighted by atomic mass is 16.3. The summed E-state index contributed by atoms with van der Waals surface area (Å²) in [6.45, 7) is 9.41. The Morgan fingerprint density at radius 3 is 1.44 bits per heavy atom. The van der Waals surface area contributed by atoms with E-state index in [4.69, 9.17) is 0 Å². The highest BCUT2D eigenvalue weighted by molar-refractivity contribution is 5.44. The van der Waals surface area contributed by atoms with Crippen LogP contribution in [0.3, 0.4) is 0 Å². The van der Waals surface area contributed by atoms with E-state index < -0.39 is 0 Å². The Kier molecular flexibility index (Phi) is 6.66. The highest BCUT2D eigenvalue weighted by Crippen LogP contribution is 2.54. The molecule has 3 aromatic carbocycles. The fourth-order valence-electron chi connectivity index (χ4n) is 6.40. The van der Waals surface area contributed by atoms with Crippen LogP contribution in [-0.4, -0.2) is 15.3 Å². The van der Waals surface area contributed by atoms with Gasteiger partial charge in [0.05, 0.1) is 0 Å². The summed E-state index contributed by atoms with van der Waals surface area (Å²) < 4.78 is 0. The molecule has 1 saturated carbocycles. The molecule has 2 atom stereocenters. The number of hydrogen-bond donors (Lipinski definition) is 3. The molecule has 2 unspecified atom stereocenters. The molecule has 34 heavy (non-hydrogen) atoms. The third-order valence-electron chi connectivity index (χ3n) is 8.96. The minimum Gasteiger partial charge on any atom is -0.508 e. The van der Waals surface area contributed by atoms with Gasteiger partial charge in [-0.05, 0) is 102 Å². The fourth-order valence-corrected chi connectivity index (χ4v) is 6.40. The average molecular weight is 459 g/mol. The van der Waals surface area contributed by atoms with Gasteiger partial charge in [-0.3, -0.25) is 0 Å². The Bertz CT molecular complexity index is 1030. The van der Waals surface area contributed by atoms with E-state index >= 15 is 0 Å². The van der Waals surface area contributed by atoms with E-state index in [0.29, 0.717) is 23.5 Å². The highest BCUT2D eigenvalue weighted by Gasteiger charge is 2.47. The molecule has 0 bridgehead atoms. The van der Waals surface area contributed by atoms with Crippen LogP contribution in [0.1, 0.15) is 70.1 Å². The van der Waals surface area contributed by atoms with Crippen molar-refractivity contribution < 1.29 is 15.3 Å². The maximum Gasteiger partial charge on any atom is 0.115 e. The molecule has 4 rings (SSSR count). The molecule has 0 radical (unpaired) electrons. The van der Waals surface area contributed by atoms with Crippen LogP contribution in [0.5, 0.6) is 17.2 Å². The van der Waals surface area contributed by atoms with Gasteiger partial charge in [-0.1, -0.05) is 64.1 Å². The molecular weight excluding hydrogens is 420 g/mol. The molecule has 0 spiro atoms. The van der Waals surface area contributed by atoms with Gasteiger partial charge < -0.3 is 15.3 Å². The van der Waals surface area contributed by atoms with Crippen molar-refractivity contribution in [3.05, 3.63) is 89.5 Å². The monoisotopic (exact) mass is 458 g/mol. The van der Waals surface area contributed by atoms with E-state index in [-0.39, 0.29) is 22.3 Å². The molecule has 3 nitrogen and oxygen atoms in total. The van der Waals surface area contributed by atoms with E-state index in [2.05, 4.69) is 64.1 Å². The van der Waals surface area contributed by atoms with Crippen LogP contribution in [0.15, 0.2) is 72.8 Å². The number of hydrogen-bond acceptors (Lipinski definition) is 3. The third kappa shape index (κ3) is 4.29. The van der Waals surface area contributed by atoms with E-state index in [1.165, 1.54) is 16.7 Å². The van der Waals surface area contributed by atoms with Gasteiger partial charge in [0.15, 0.2) is 0 Å². The number of phenols is 3. The van der Waals surface area contributed by atoms with Crippen molar-refractivity contribution in [2.75, 3.05) is 0 Å². The van der Waals surface area contributed by atoms with E-state index in [0.717, 1.165) is 25.7 Å². The topological polar surface area (TPSA) is 60.7 Å². The first-order valence-corrected chi connectivity index (χ1v) is 12.6. The van der Waals surface area contributed by atoms with Crippen LogP contribution >= 0.6 is 0 Å². The minimum absolute atomic E-state index is 0.00204. The second kappa shape index (κ2) is 9.37. The number of rotatable bonds is 6. The molecule has 1 aliphatic carbocycles. The van der Waals surface area contributed by atoms with Crippen molar-refractivity contribution in [1.29, 1.82) is 0 Å². The summed E-state index contributed by atoms with van der Waals surface area (Å²) >= 11 is 0.